The van der Waals surface area contributed by atoms with Crippen molar-refractivity contribution in [2.75, 3.05) is 5.32 Å². The lowest BCUT2D eigenvalue weighted by Crippen LogP contribution is -2.09. The van der Waals surface area contributed by atoms with Crippen molar-refractivity contribution in [2.45, 2.75) is 26.3 Å². The molecule has 0 amide bonds. The molecule has 0 aliphatic rings. The number of fused-ring (bicyclic) bond motifs is 1. The highest BCUT2D eigenvalue weighted by molar-refractivity contribution is 9.10. The quantitative estimate of drug-likeness (QED) is 0.682. The lowest BCUT2D eigenvalue weighted by molar-refractivity contribution is 0.561. The molecule has 4 heteroatoms. The maximum atomic E-state index is 5.51. The summed E-state index contributed by atoms with van der Waals surface area (Å²) in [5, 5.41) is 3.57. The second-order valence-electron chi connectivity index (χ2n) is 5.08. The molecule has 3 nitrogen and oxygen atoms in total. The molecule has 1 atom stereocenters. The first-order chi connectivity index (χ1) is 10.2. The van der Waals surface area contributed by atoms with Crippen molar-refractivity contribution >= 4 is 32.7 Å². The minimum Gasteiger partial charge on any atom is -0.441 e. The van der Waals surface area contributed by atoms with E-state index in [4.69, 9.17) is 4.42 Å². The van der Waals surface area contributed by atoms with Crippen molar-refractivity contribution in [3.8, 4) is 0 Å². The highest BCUT2D eigenvalue weighted by Crippen LogP contribution is 2.27. The van der Waals surface area contributed by atoms with Crippen LogP contribution >= 0.6 is 15.9 Å². The molecule has 0 aliphatic heterocycles. The topological polar surface area (TPSA) is 38.1 Å². The van der Waals surface area contributed by atoms with Gasteiger partial charge in [0.25, 0.3) is 0 Å². The SMILES string of the molecule is CCC(Nc1ccc2oc(C)nc2c1)c1cccc(Br)c1. The van der Waals surface area contributed by atoms with Crippen molar-refractivity contribution in [1.29, 1.82) is 0 Å². The zero-order valence-corrected chi connectivity index (χ0v) is 13.6. The second-order valence-corrected chi connectivity index (χ2v) is 5.99. The van der Waals surface area contributed by atoms with E-state index < -0.39 is 0 Å². The average molecular weight is 345 g/mol. The summed E-state index contributed by atoms with van der Waals surface area (Å²) in [5.74, 6) is 0.696. The Morgan fingerprint density at radius 3 is 2.86 bits per heavy atom. The van der Waals surface area contributed by atoms with Gasteiger partial charge in [-0.1, -0.05) is 35.0 Å². The van der Waals surface area contributed by atoms with E-state index in [1.807, 2.05) is 31.2 Å². The third-order valence-electron chi connectivity index (χ3n) is 3.49. The molecule has 108 valence electrons. The number of nitrogens with zero attached hydrogens (tertiary/aromatic N) is 1. The standard InChI is InChI=1S/C17H17BrN2O/c1-3-15(12-5-4-6-13(18)9-12)20-14-7-8-17-16(10-14)19-11(2)21-17/h4-10,15,20H,3H2,1-2H3. The van der Waals surface area contributed by atoms with Gasteiger partial charge >= 0.3 is 0 Å². The summed E-state index contributed by atoms with van der Waals surface area (Å²) < 4.78 is 6.61. The van der Waals surface area contributed by atoms with E-state index in [1.54, 1.807) is 0 Å². The molecule has 0 spiro atoms. The first kappa shape index (κ1) is 14.1. The van der Waals surface area contributed by atoms with E-state index in [0.717, 1.165) is 27.7 Å². The molecule has 1 N–H and O–H groups in total. The Bertz CT molecular complexity index is 766. The van der Waals surface area contributed by atoms with Gasteiger partial charge in [-0.05, 0) is 42.3 Å². The zero-order valence-electron chi connectivity index (χ0n) is 12.1. The van der Waals surface area contributed by atoms with Crippen molar-refractivity contribution < 1.29 is 4.42 Å². The van der Waals surface area contributed by atoms with Crippen LogP contribution in [0.5, 0.6) is 0 Å². The van der Waals surface area contributed by atoms with Gasteiger partial charge in [0.1, 0.15) is 5.52 Å². The van der Waals surface area contributed by atoms with E-state index in [-0.39, 0.29) is 6.04 Å². The average Bonchev–Trinajstić information content (AvgIpc) is 2.84. The number of hydrogen-bond acceptors (Lipinski definition) is 3. The van der Waals surface area contributed by atoms with Gasteiger partial charge in [0.05, 0.1) is 6.04 Å². The molecule has 1 aromatic heterocycles. The summed E-state index contributed by atoms with van der Waals surface area (Å²) >= 11 is 3.53. The smallest absolute Gasteiger partial charge is 0.192 e. The van der Waals surface area contributed by atoms with E-state index >= 15 is 0 Å². The Balaban J connectivity index is 1.88. The Morgan fingerprint density at radius 1 is 1.24 bits per heavy atom. The molecule has 3 rings (SSSR count). The summed E-state index contributed by atoms with van der Waals surface area (Å²) in [6, 6.07) is 14.7. The molecular weight excluding hydrogens is 328 g/mol. The molecule has 0 fully saturated rings. The molecule has 1 heterocycles. The predicted octanol–water partition coefficient (Wildman–Crippen LogP) is 5.46. The van der Waals surface area contributed by atoms with Crippen LogP contribution in [0, 0.1) is 6.92 Å². The normalized spacial score (nSPS) is 12.5. The number of benzene rings is 2. The second kappa shape index (κ2) is 5.90. The summed E-state index contributed by atoms with van der Waals surface area (Å²) in [7, 11) is 0. The van der Waals surface area contributed by atoms with Crippen LogP contribution in [0.1, 0.15) is 30.8 Å². The minimum absolute atomic E-state index is 0.271. The van der Waals surface area contributed by atoms with Crippen LogP contribution in [-0.4, -0.2) is 4.98 Å². The highest BCUT2D eigenvalue weighted by Gasteiger charge is 2.10. The third kappa shape index (κ3) is 3.10. The summed E-state index contributed by atoms with van der Waals surface area (Å²) in [6.45, 7) is 4.04. The predicted molar refractivity (Wildman–Crippen MR) is 89.5 cm³/mol. The van der Waals surface area contributed by atoms with Gasteiger partial charge in [-0.25, -0.2) is 4.98 Å². The molecular formula is C17H17BrN2O. The number of aryl methyl sites for hydroxylation is 1. The molecule has 0 radical (unpaired) electrons. The number of oxazole rings is 1. The van der Waals surface area contributed by atoms with Crippen LogP contribution < -0.4 is 5.32 Å². The van der Waals surface area contributed by atoms with E-state index in [2.05, 4.69) is 51.4 Å². The highest BCUT2D eigenvalue weighted by atomic mass is 79.9. The van der Waals surface area contributed by atoms with Crippen molar-refractivity contribution in [2.24, 2.45) is 0 Å². The van der Waals surface area contributed by atoms with Crippen molar-refractivity contribution in [3.63, 3.8) is 0 Å². The Labute approximate surface area is 132 Å². The largest absolute Gasteiger partial charge is 0.441 e. The fourth-order valence-corrected chi connectivity index (χ4v) is 2.89. The molecule has 0 saturated heterocycles. The van der Waals surface area contributed by atoms with Crippen LogP contribution in [0.2, 0.25) is 0 Å². The number of hydrogen-bond donors (Lipinski definition) is 1. The molecule has 0 bridgehead atoms. The lowest BCUT2D eigenvalue weighted by Gasteiger charge is -2.19. The van der Waals surface area contributed by atoms with E-state index in [9.17, 15) is 0 Å². The summed E-state index contributed by atoms with van der Waals surface area (Å²) in [6.07, 6.45) is 1.01. The number of nitrogens with one attached hydrogen (secondary N) is 1. The van der Waals surface area contributed by atoms with Gasteiger partial charge in [0, 0.05) is 17.1 Å². The Hall–Kier alpha value is -1.81. The molecule has 0 saturated carbocycles. The Morgan fingerprint density at radius 2 is 2.10 bits per heavy atom. The minimum atomic E-state index is 0.271. The van der Waals surface area contributed by atoms with Crippen molar-refractivity contribution in [1.82, 2.24) is 4.98 Å². The van der Waals surface area contributed by atoms with Crippen LogP contribution in [0.3, 0.4) is 0 Å². The fourth-order valence-electron chi connectivity index (χ4n) is 2.48. The maximum absolute atomic E-state index is 5.51. The fraction of sp³-hybridized carbons (Fsp3) is 0.235. The summed E-state index contributed by atoms with van der Waals surface area (Å²) in [4.78, 5) is 4.38. The number of aromatic nitrogens is 1. The van der Waals surface area contributed by atoms with Gasteiger partial charge in [-0.15, -0.1) is 0 Å². The molecule has 1 unspecified atom stereocenters. The monoisotopic (exact) mass is 344 g/mol. The Kier molecular flexibility index (Phi) is 3.97. The first-order valence-corrected chi connectivity index (χ1v) is 7.84. The van der Waals surface area contributed by atoms with Crippen LogP contribution in [-0.2, 0) is 0 Å². The lowest BCUT2D eigenvalue weighted by atomic mass is 10.0. The van der Waals surface area contributed by atoms with Gasteiger partial charge < -0.3 is 9.73 Å². The van der Waals surface area contributed by atoms with Gasteiger partial charge in [-0.2, -0.15) is 0 Å². The zero-order chi connectivity index (χ0) is 14.8. The van der Waals surface area contributed by atoms with Gasteiger partial charge in [0.2, 0.25) is 0 Å². The van der Waals surface area contributed by atoms with E-state index in [1.165, 1.54) is 5.56 Å². The van der Waals surface area contributed by atoms with Gasteiger partial charge in [0.15, 0.2) is 11.5 Å². The van der Waals surface area contributed by atoms with E-state index in [0.29, 0.717) is 5.89 Å². The molecule has 0 aliphatic carbocycles. The van der Waals surface area contributed by atoms with Gasteiger partial charge in [-0.3, -0.25) is 0 Å². The molecule has 2 aromatic carbocycles. The van der Waals surface area contributed by atoms with Crippen molar-refractivity contribution in [3.05, 3.63) is 58.4 Å². The number of halogens is 1. The summed E-state index contributed by atoms with van der Waals surface area (Å²) in [5.41, 5.74) is 4.04. The molecule has 21 heavy (non-hydrogen) atoms. The number of rotatable bonds is 4. The third-order valence-corrected chi connectivity index (χ3v) is 3.99. The number of anilines is 1. The van der Waals surface area contributed by atoms with Crippen LogP contribution in [0.15, 0.2) is 51.4 Å². The maximum Gasteiger partial charge on any atom is 0.192 e. The molecule has 3 aromatic rings. The first-order valence-electron chi connectivity index (χ1n) is 7.05. The van der Waals surface area contributed by atoms with Crippen LogP contribution in [0.25, 0.3) is 11.1 Å². The van der Waals surface area contributed by atoms with Crippen LogP contribution in [0.4, 0.5) is 5.69 Å².